The SMILES string of the molecule is O=C(NCCOc1ccccc1F)Nc1ccc(F)cc1F. The minimum Gasteiger partial charge on any atom is -0.489 e. The van der Waals surface area contributed by atoms with Gasteiger partial charge in [0, 0.05) is 6.07 Å². The van der Waals surface area contributed by atoms with E-state index in [9.17, 15) is 18.0 Å². The lowest BCUT2D eigenvalue weighted by Gasteiger charge is -2.10. The number of para-hydroxylation sites is 1. The van der Waals surface area contributed by atoms with Crippen LogP contribution in [0.2, 0.25) is 0 Å². The van der Waals surface area contributed by atoms with Gasteiger partial charge in [-0.25, -0.2) is 18.0 Å². The number of nitrogens with one attached hydrogen (secondary N) is 2. The molecule has 2 aromatic rings. The molecule has 0 aliphatic carbocycles. The molecule has 0 aliphatic rings. The molecule has 0 saturated heterocycles. The Morgan fingerprint density at radius 3 is 2.55 bits per heavy atom. The topological polar surface area (TPSA) is 50.4 Å². The van der Waals surface area contributed by atoms with Crippen LogP contribution in [0.1, 0.15) is 0 Å². The van der Waals surface area contributed by atoms with Crippen molar-refractivity contribution in [1.29, 1.82) is 0 Å². The maximum absolute atomic E-state index is 13.3. The van der Waals surface area contributed by atoms with Crippen molar-refractivity contribution in [2.45, 2.75) is 0 Å². The second-order valence-electron chi connectivity index (χ2n) is 4.28. The van der Waals surface area contributed by atoms with E-state index in [2.05, 4.69) is 10.6 Å². The molecule has 2 rings (SSSR count). The van der Waals surface area contributed by atoms with Gasteiger partial charge in [0.1, 0.15) is 18.2 Å². The number of ether oxygens (including phenoxy) is 1. The molecular formula is C15H13F3N2O2. The summed E-state index contributed by atoms with van der Waals surface area (Å²) in [6, 6.07) is 8.00. The average Bonchev–Trinajstić information content (AvgIpc) is 2.48. The van der Waals surface area contributed by atoms with Crippen LogP contribution in [-0.2, 0) is 0 Å². The standard InChI is InChI=1S/C15H13F3N2O2/c16-10-5-6-13(12(18)9-10)20-15(21)19-7-8-22-14-4-2-1-3-11(14)17/h1-6,9H,7-8H2,(H2,19,20,21). The molecule has 0 unspecified atom stereocenters. The van der Waals surface area contributed by atoms with E-state index in [0.717, 1.165) is 12.1 Å². The van der Waals surface area contributed by atoms with Crippen molar-refractivity contribution in [2.75, 3.05) is 18.5 Å². The highest BCUT2D eigenvalue weighted by Gasteiger charge is 2.07. The summed E-state index contributed by atoms with van der Waals surface area (Å²) in [6.45, 7) is 0.128. The molecule has 2 amide bonds. The number of anilines is 1. The third kappa shape index (κ3) is 4.41. The number of benzene rings is 2. The number of halogens is 3. The molecule has 0 radical (unpaired) electrons. The Labute approximate surface area is 124 Å². The van der Waals surface area contributed by atoms with Gasteiger partial charge < -0.3 is 15.4 Å². The van der Waals surface area contributed by atoms with Crippen LogP contribution in [0, 0.1) is 17.5 Å². The third-order valence-electron chi connectivity index (χ3n) is 2.66. The highest BCUT2D eigenvalue weighted by Crippen LogP contribution is 2.15. The van der Waals surface area contributed by atoms with Gasteiger partial charge in [0.2, 0.25) is 0 Å². The van der Waals surface area contributed by atoms with Gasteiger partial charge in [0.25, 0.3) is 0 Å². The maximum atomic E-state index is 13.3. The summed E-state index contributed by atoms with van der Waals surface area (Å²) in [6.07, 6.45) is 0. The van der Waals surface area contributed by atoms with Crippen molar-refractivity contribution in [1.82, 2.24) is 5.32 Å². The average molecular weight is 310 g/mol. The normalized spacial score (nSPS) is 10.1. The molecule has 7 heteroatoms. The lowest BCUT2D eigenvalue weighted by molar-refractivity contribution is 0.246. The zero-order valence-corrected chi connectivity index (χ0v) is 11.4. The Balaban J connectivity index is 1.75. The third-order valence-corrected chi connectivity index (χ3v) is 2.66. The zero-order chi connectivity index (χ0) is 15.9. The quantitative estimate of drug-likeness (QED) is 0.833. The van der Waals surface area contributed by atoms with Crippen LogP contribution in [0.25, 0.3) is 0 Å². The molecule has 2 N–H and O–H groups in total. The van der Waals surface area contributed by atoms with E-state index in [1.54, 1.807) is 6.07 Å². The zero-order valence-electron chi connectivity index (χ0n) is 11.4. The Morgan fingerprint density at radius 1 is 1.05 bits per heavy atom. The maximum Gasteiger partial charge on any atom is 0.319 e. The molecule has 0 aliphatic heterocycles. The molecular weight excluding hydrogens is 297 g/mol. The second kappa shape index (κ2) is 7.35. The second-order valence-corrected chi connectivity index (χ2v) is 4.28. The summed E-state index contributed by atoms with van der Waals surface area (Å²) in [5, 5.41) is 4.63. The van der Waals surface area contributed by atoms with Crippen molar-refractivity contribution in [3.8, 4) is 5.75 Å². The number of hydrogen-bond acceptors (Lipinski definition) is 2. The van der Waals surface area contributed by atoms with Crippen molar-refractivity contribution in [3.05, 3.63) is 59.9 Å². The van der Waals surface area contributed by atoms with Gasteiger partial charge in [-0.2, -0.15) is 0 Å². The van der Waals surface area contributed by atoms with Gasteiger partial charge >= 0.3 is 6.03 Å². The van der Waals surface area contributed by atoms with Crippen molar-refractivity contribution in [2.24, 2.45) is 0 Å². The summed E-state index contributed by atoms with van der Waals surface area (Å²) in [5.41, 5.74) is -0.145. The number of rotatable bonds is 5. The molecule has 0 spiro atoms. The fraction of sp³-hybridized carbons (Fsp3) is 0.133. The van der Waals surface area contributed by atoms with E-state index in [1.165, 1.54) is 18.2 Å². The lowest BCUT2D eigenvalue weighted by Crippen LogP contribution is -2.32. The molecule has 0 aromatic heterocycles. The predicted octanol–water partition coefficient (Wildman–Crippen LogP) is 3.30. The highest BCUT2D eigenvalue weighted by molar-refractivity contribution is 5.89. The van der Waals surface area contributed by atoms with E-state index in [-0.39, 0.29) is 24.6 Å². The van der Waals surface area contributed by atoms with Gasteiger partial charge in [0.15, 0.2) is 11.6 Å². The van der Waals surface area contributed by atoms with Gasteiger partial charge in [0.05, 0.1) is 12.2 Å². The van der Waals surface area contributed by atoms with Crippen molar-refractivity contribution < 1.29 is 22.7 Å². The van der Waals surface area contributed by atoms with Gasteiger partial charge in [-0.05, 0) is 24.3 Å². The Hall–Kier alpha value is -2.70. The van der Waals surface area contributed by atoms with Crippen LogP contribution in [0.3, 0.4) is 0 Å². The lowest BCUT2D eigenvalue weighted by atomic mass is 10.3. The summed E-state index contributed by atoms with van der Waals surface area (Å²) >= 11 is 0. The molecule has 0 saturated carbocycles. The van der Waals surface area contributed by atoms with Crippen LogP contribution < -0.4 is 15.4 Å². The predicted molar refractivity (Wildman–Crippen MR) is 75.3 cm³/mol. The number of carbonyl (C=O) groups excluding carboxylic acids is 1. The van der Waals surface area contributed by atoms with Gasteiger partial charge in [-0.3, -0.25) is 0 Å². The van der Waals surface area contributed by atoms with Crippen LogP contribution in [0.5, 0.6) is 5.75 Å². The number of amides is 2. The fourth-order valence-corrected chi connectivity index (χ4v) is 1.64. The largest absolute Gasteiger partial charge is 0.489 e. The first-order valence-corrected chi connectivity index (χ1v) is 6.43. The van der Waals surface area contributed by atoms with E-state index >= 15 is 0 Å². The summed E-state index contributed by atoms with van der Waals surface area (Å²) in [4.78, 5) is 11.5. The molecule has 2 aromatic carbocycles. The molecule has 0 fully saturated rings. The van der Waals surface area contributed by atoms with Gasteiger partial charge in [-0.1, -0.05) is 12.1 Å². The smallest absolute Gasteiger partial charge is 0.319 e. The van der Waals surface area contributed by atoms with E-state index in [1.807, 2.05) is 0 Å². The number of urea groups is 1. The van der Waals surface area contributed by atoms with Crippen LogP contribution in [0.4, 0.5) is 23.7 Å². The molecule has 0 heterocycles. The molecule has 0 atom stereocenters. The highest BCUT2D eigenvalue weighted by atomic mass is 19.1. The Bertz CT molecular complexity index is 665. The van der Waals surface area contributed by atoms with Crippen LogP contribution >= 0.6 is 0 Å². The van der Waals surface area contributed by atoms with E-state index in [4.69, 9.17) is 4.74 Å². The summed E-state index contributed by atoms with van der Waals surface area (Å²) < 4.78 is 44.4. The first-order chi connectivity index (χ1) is 10.6. The molecule has 4 nitrogen and oxygen atoms in total. The van der Waals surface area contributed by atoms with Crippen LogP contribution in [-0.4, -0.2) is 19.2 Å². The fourth-order valence-electron chi connectivity index (χ4n) is 1.64. The van der Waals surface area contributed by atoms with Crippen LogP contribution in [0.15, 0.2) is 42.5 Å². The van der Waals surface area contributed by atoms with E-state index < -0.39 is 23.5 Å². The van der Waals surface area contributed by atoms with E-state index in [0.29, 0.717) is 6.07 Å². The van der Waals surface area contributed by atoms with Crippen molar-refractivity contribution in [3.63, 3.8) is 0 Å². The first-order valence-electron chi connectivity index (χ1n) is 6.43. The monoisotopic (exact) mass is 310 g/mol. The number of hydrogen-bond donors (Lipinski definition) is 2. The van der Waals surface area contributed by atoms with Gasteiger partial charge in [-0.15, -0.1) is 0 Å². The first kappa shape index (κ1) is 15.7. The summed E-state index contributed by atoms with van der Waals surface area (Å²) in [5.74, 6) is -2.03. The molecule has 0 bridgehead atoms. The summed E-state index contributed by atoms with van der Waals surface area (Å²) in [7, 11) is 0. The minimum absolute atomic E-state index is 0.0419. The minimum atomic E-state index is -0.877. The van der Waals surface area contributed by atoms with Crippen molar-refractivity contribution >= 4 is 11.7 Å². The molecule has 22 heavy (non-hydrogen) atoms. The Kier molecular flexibility index (Phi) is 5.24. The molecule has 116 valence electrons. The number of carbonyl (C=O) groups is 1. The Morgan fingerprint density at radius 2 is 1.82 bits per heavy atom.